The number of ether oxygens (including phenoxy) is 1. The molecule has 1 aliphatic rings. The predicted molar refractivity (Wildman–Crippen MR) is 168 cm³/mol. The Kier molecular flexibility index (Phi) is 10.7. The first-order valence-electron chi connectivity index (χ1n) is 15.2. The van der Waals surface area contributed by atoms with Crippen LogP contribution in [-0.4, -0.2) is 69.9 Å². The van der Waals surface area contributed by atoms with Crippen LogP contribution in [0.1, 0.15) is 75.9 Å². The number of amides is 2. The van der Waals surface area contributed by atoms with E-state index in [9.17, 15) is 20.0 Å². The molecule has 5 atom stereocenters. The van der Waals surface area contributed by atoms with E-state index in [0.717, 1.165) is 28.8 Å². The smallest absolute Gasteiger partial charge is 0.268 e. The molecule has 238 valence electrons. The van der Waals surface area contributed by atoms with Crippen molar-refractivity contribution in [1.82, 2.24) is 36.2 Å². The molecule has 4 rings (SSSR count). The Bertz CT molecular complexity index is 1470. The monoisotopic (exact) mass is 606 g/mol. The first kappa shape index (κ1) is 33.0. The van der Waals surface area contributed by atoms with E-state index >= 15 is 0 Å². The lowest BCUT2D eigenvalue weighted by Crippen LogP contribution is -2.56. The van der Waals surface area contributed by atoms with Gasteiger partial charge in [0.25, 0.3) is 5.91 Å². The van der Waals surface area contributed by atoms with E-state index in [1.54, 1.807) is 19.4 Å². The number of benzene rings is 1. The molecule has 2 aromatic heterocycles. The number of aromatic amines is 2. The van der Waals surface area contributed by atoms with Gasteiger partial charge in [-0.1, -0.05) is 40.7 Å². The molecular weight excluding hydrogens is 560 g/mol. The number of nitrogens with zero attached hydrogens (tertiary/aromatic N) is 2. The number of carbonyl (C=O) groups excluding carboxylic acids is 2. The Morgan fingerprint density at radius 3 is 2.61 bits per heavy atom. The number of aliphatic hydroxyl groups is 1. The average Bonchev–Trinajstić information content (AvgIpc) is 3.72. The molecule has 0 bridgehead atoms. The summed E-state index contributed by atoms with van der Waals surface area (Å²) in [4.78, 5) is 38.1. The van der Waals surface area contributed by atoms with Crippen LogP contribution in [0.2, 0.25) is 0 Å². The Labute approximate surface area is 258 Å². The van der Waals surface area contributed by atoms with Gasteiger partial charge in [-0.15, -0.1) is 0 Å². The van der Waals surface area contributed by atoms with Crippen LogP contribution in [0.3, 0.4) is 0 Å². The molecular formula is C32H46N8O4. The molecule has 0 saturated carbocycles. The summed E-state index contributed by atoms with van der Waals surface area (Å²) in [7, 11) is 1.57. The van der Waals surface area contributed by atoms with Crippen LogP contribution >= 0.6 is 0 Å². The van der Waals surface area contributed by atoms with E-state index < -0.39 is 30.3 Å². The summed E-state index contributed by atoms with van der Waals surface area (Å²) >= 11 is 0. The largest absolute Gasteiger partial charge is 0.496 e. The third-order valence-corrected chi connectivity index (χ3v) is 8.01. The van der Waals surface area contributed by atoms with Crippen LogP contribution < -0.4 is 26.0 Å². The molecule has 1 aliphatic heterocycles. The zero-order valence-electron chi connectivity index (χ0n) is 26.5. The van der Waals surface area contributed by atoms with Crippen molar-refractivity contribution in [2.24, 2.45) is 11.8 Å². The van der Waals surface area contributed by atoms with Gasteiger partial charge in [0, 0.05) is 40.7 Å². The standard InChI is InChI=1S/C32H46N8O4/c1-18(2)12-24(40-30(43)25-14-21-22(38-25)8-7-9-27(21)44-6)29(42)39-23(13-19-10-11-34-28(19)41)26(15-33)35-16-20-17-36-31(37-20)32(3,4)5/h7-9,14,17-19,23-24,26,28,34-35,38,41H,10-13,16H2,1-6H3,(H,36,37)(H,39,42)(H,40,43). The summed E-state index contributed by atoms with van der Waals surface area (Å²) in [5, 5.41) is 33.7. The molecule has 44 heavy (non-hydrogen) atoms. The fourth-order valence-electron chi connectivity index (χ4n) is 5.57. The summed E-state index contributed by atoms with van der Waals surface area (Å²) < 4.78 is 5.42. The van der Waals surface area contributed by atoms with Gasteiger partial charge in [0.15, 0.2) is 0 Å². The minimum Gasteiger partial charge on any atom is -0.496 e. The molecule has 0 radical (unpaired) electrons. The number of rotatable bonds is 13. The maximum Gasteiger partial charge on any atom is 0.268 e. The second-order valence-electron chi connectivity index (χ2n) is 13.1. The SMILES string of the molecule is COc1cccc2[nH]c(C(=O)NC(CC(C)C)C(=O)NC(CC3CCNC3O)C(C#N)NCc3cnc(C(C)(C)C)[nH]3)cc12. The average molecular weight is 607 g/mol. The normalized spacial score (nSPS) is 19.0. The predicted octanol–water partition coefficient (Wildman–Crippen LogP) is 2.83. The minimum absolute atomic E-state index is 0.107. The Balaban J connectivity index is 1.51. The van der Waals surface area contributed by atoms with Crippen LogP contribution in [-0.2, 0) is 16.8 Å². The van der Waals surface area contributed by atoms with E-state index in [1.165, 1.54) is 0 Å². The van der Waals surface area contributed by atoms with Crippen molar-refractivity contribution in [3.63, 3.8) is 0 Å². The van der Waals surface area contributed by atoms with Gasteiger partial charge in [-0.05, 0) is 49.9 Å². The Hall–Kier alpha value is -3.92. The van der Waals surface area contributed by atoms with Crippen molar-refractivity contribution in [1.29, 1.82) is 5.26 Å². The molecule has 3 aromatic rings. The summed E-state index contributed by atoms with van der Waals surface area (Å²) in [6.07, 6.45) is 2.52. The zero-order chi connectivity index (χ0) is 32.0. The molecule has 1 fully saturated rings. The first-order chi connectivity index (χ1) is 20.9. The molecule has 1 saturated heterocycles. The van der Waals surface area contributed by atoms with Crippen molar-refractivity contribution in [2.45, 2.75) is 90.2 Å². The van der Waals surface area contributed by atoms with Gasteiger partial charge < -0.3 is 30.4 Å². The Morgan fingerprint density at radius 2 is 2.00 bits per heavy atom. The quantitative estimate of drug-likeness (QED) is 0.155. The lowest BCUT2D eigenvalue weighted by molar-refractivity contribution is -0.124. The highest BCUT2D eigenvalue weighted by molar-refractivity contribution is 6.01. The van der Waals surface area contributed by atoms with Crippen molar-refractivity contribution in [3.05, 3.63) is 47.7 Å². The lowest BCUT2D eigenvalue weighted by Gasteiger charge is -2.30. The highest BCUT2D eigenvalue weighted by Crippen LogP contribution is 2.26. The number of H-pyrrole nitrogens is 2. The lowest BCUT2D eigenvalue weighted by atomic mass is 9.92. The van der Waals surface area contributed by atoms with Crippen LogP contribution in [0.5, 0.6) is 5.75 Å². The third-order valence-electron chi connectivity index (χ3n) is 8.01. The number of carbonyl (C=O) groups is 2. The van der Waals surface area contributed by atoms with Gasteiger partial charge in [-0.2, -0.15) is 5.26 Å². The van der Waals surface area contributed by atoms with E-state index in [0.29, 0.717) is 37.4 Å². The van der Waals surface area contributed by atoms with Crippen molar-refractivity contribution in [3.8, 4) is 11.8 Å². The first-order valence-corrected chi connectivity index (χ1v) is 15.2. The fraction of sp³-hybridized carbons (Fsp3) is 0.562. The van der Waals surface area contributed by atoms with Gasteiger partial charge >= 0.3 is 0 Å². The molecule has 12 nitrogen and oxygen atoms in total. The second kappa shape index (κ2) is 14.2. The molecule has 12 heteroatoms. The van der Waals surface area contributed by atoms with Gasteiger partial charge in [-0.3, -0.25) is 20.2 Å². The van der Waals surface area contributed by atoms with Crippen LogP contribution in [0.15, 0.2) is 30.5 Å². The topological polar surface area (TPSA) is 180 Å². The maximum atomic E-state index is 13.8. The molecule has 1 aromatic carbocycles. The van der Waals surface area contributed by atoms with E-state index in [2.05, 4.69) is 63.1 Å². The number of imidazole rings is 1. The van der Waals surface area contributed by atoms with Crippen LogP contribution in [0.25, 0.3) is 10.9 Å². The fourth-order valence-corrected chi connectivity index (χ4v) is 5.57. The zero-order valence-corrected chi connectivity index (χ0v) is 26.5. The number of nitrogens with one attached hydrogen (secondary N) is 6. The summed E-state index contributed by atoms with van der Waals surface area (Å²) in [6, 6.07) is 7.30. The third kappa shape index (κ3) is 8.16. The molecule has 3 heterocycles. The van der Waals surface area contributed by atoms with Gasteiger partial charge in [0.1, 0.15) is 35.6 Å². The van der Waals surface area contributed by atoms with Gasteiger partial charge in [0.05, 0.1) is 19.2 Å². The van der Waals surface area contributed by atoms with Crippen molar-refractivity contribution >= 4 is 22.7 Å². The van der Waals surface area contributed by atoms with Crippen molar-refractivity contribution < 1.29 is 19.4 Å². The molecule has 5 unspecified atom stereocenters. The van der Waals surface area contributed by atoms with Gasteiger partial charge in [0.2, 0.25) is 5.91 Å². The Morgan fingerprint density at radius 1 is 1.23 bits per heavy atom. The number of nitriles is 1. The number of hydrogen-bond acceptors (Lipinski definition) is 8. The number of methoxy groups -OCH3 is 1. The summed E-state index contributed by atoms with van der Waals surface area (Å²) in [6.45, 7) is 11.2. The number of hydrogen-bond donors (Lipinski definition) is 7. The highest BCUT2D eigenvalue weighted by atomic mass is 16.5. The maximum absolute atomic E-state index is 13.8. The summed E-state index contributed by atoms with van der Waals surface area (Å²) in [5.41, 5.74) is 1.73. The number of fused-ring (bicyclic) bond motifs is 1. The van der Waals surface area contributed by atoms with Crippen LogP contribution in [0, 0.1) is 23.2 Å². The highest BCUT2D eigenvalue weighted by Gasteiger charge is 2.34. The van der Waals surface area contributed by atoms with Crippen LogP contribution in [0.4, 0.5) is 0 Å². The second-order valence-corrected chi connectivity index (χ2v) is 13.1. The van der Waals surface area contributed by atoms with E-state index in [1.807, 2.05) is 32.0 Å². The molecule has 2 amide bonds. The number of aromatic nitrogens is 3. The van der Waals surface area contributed by atoms with Gasteiger partial charge in [-0.25, -0.2) is 4.98 Å². The molecule has 0 aliphatic carbocycles. The van der Waals surface area contributed by atoms with E-state index in [-0.39, 0.29) is 23.2 Å². The summed E-state index contributed by atoms with van der Waals surface area (Å²) in [5.74, 6) is 0.645. The number of aliphatic hydroxyl groups excluding tert-OH is 1. The van der Waals surface area contributed by atoms with E-state index in [4.69, 9.17) is 4.74 Å². The molecule has 7 N–H and O–H groups in total. The van der Waals surface area contributed by atoms with Crippen molar-refractivity contribution in [2.75, 3.05) is 13.7 Å². The molecule has 0 spiro atoms. The minimum atomic E-state index is -0.841.